The third kappa shape index (κ3) is 4.75. The van der Waals surface area contributed by atoms with Crippen molar-refractivity contribution in [3.05, 3.63) is 99.4 Å². The highest BCUT2D eigenvalue weighted by Crippen LogP contribution is 2.31. The van der Waals surface area contributed by atoms with Crippen LogP contribution in [0.4, 0.5) is 5.69 Å². The van der Waals surface area contributed by atoms with Crippen molar-refractivity contribution in [2.75, 3.05) is 12.4 Å². The lowest BCUT2D eigenvalue weighted by Crippen LogP contribution is -2.20. The number of fused-ring (bicyclic) bond motifs is 1. The minimum atomic E-state index is -0.703. The Balaban J connectivity index is 1.81. The number of methoxy groups -OCH3 is 1. The number of amides is 1. The molecule has 0 saturated heterocycles. The highest BCUT2D eigenvalue weighted by molar-refractivity contribution is 6.30. The third-order valence-corrected chi connectivity index (χ3v) is 5.02. The fourth-order valence-electron chi connectivity index (χ4n) is 3.12. The number of ether oxygens (including phenoxy) is 2. The van der Waals surface area contributed by atoms with Crippen LogP contribution >= 0.6 is 11.6 Å². The summed E-state index contributed by atoms with van der Waals surface area (Å²) in [4.78, 5) is 30.5. The summed E-state index contributed by atoms with van der Waals surface area (Å²) >= 11 is 5.87. The van der Waals surface area contributed by atoms with Crippen LogP contribution in [0.5, 0.6) is 17.4 Å². The number of nitrogens with one attached hydrogen (secondary N) is 1. The molecule has 1 N–H and O–H groups in total. The molecule has 0 aliphatic heterocycles. The second kappa shape index (κ2) is 9.90. The van der Waals surface area contributed by atoms with Gasteiger partial charge in [-0.25, -0.2) is 0 Å². The van der Waals surface area contributed by atoms with E-state index in [0.717, 1.165) is 6.08 Å². The van der Waals surface area contributed by atoms with Crippen LogP contribution < -0.4 is 20.3 Å². The van der Waals surface area contributed by atoms with Crippen LogP contribution in [0.3, 0.4) is 0 Å². The zero-order valence-corrected chi connectivity index (χ0v) is 18.6. The van der Waals surface area contributed by atoms with Gasteiger partial charge in [-0.1, -0.05) is 29.8 Å². The molecular weight excluding hydrogens is 456 g/mol. The van der Waals surface area contributed by atoms with Crippen molar-refractivity contribution in [3.8, 4) is 23.4 Å². The Morgan fingerprint density at radius 1 is 1.09 bits per heavy atom. The molecule has 0 radical (unpaired) electrons. The van der Waals surface area contributed by atoms with Gasteiger partial charge in [-0.05, 0) is 54.6 Å². The number of benzene rings is 2. The summed E-state index contributed by atoms with van der Waals surface area (Å²) < 4.78 is 12.5. The van der Waals surface area contributed by atoms with Crippen LogP contribution in [0.1, 0.15) is 5.56 Å². The predicted octanol–water partition coefficient (Wildman–Crippen LogP) is 4.69. The Labute approximate surface area is 199 Å². The number of carbonyl (C=O) groups excluding carboxylic acids is 1. The molecule has 0 spiro atoms. The fraction of sp³-hybridized carbons (Fsp3) is 0.0400. The van der Waals surface area contributed by atoms with Gasteiger partial charge < -0.3 is 14.8 Å². The molecule has 34 heavy (non-hydrogen) atoms. The van der Waals surface area contributed by atoms with Crippen molar-refractivity contribution in [1.29, 1.82) is 5.26 Å². The number of hydrogen-bond donors (Lipinski definition) is 1. The average molecular weight is 473 g/mol. The van der Waals surface area contributed by atoms with Gasteiger partial charge in [-0.2, -0.15) is 10.2 Å². The van der Waals surface area contributed by atoms with Crippen molar-refractivity contribution in [2.24, 2.45) is 0 Å². The lowest BCUT2D eigenvalue weighted by atomic mass is 10.1. The molecule has 1 amide bonds. The number of aromatic nitrogens is 2. The molecule has 0 aliphatic rings. The monoisotopic (exact) mass is 472 g/mol. The number of rotatable bonds is 6. The second-order valence-electron chi connectivity index (χ2n) is 6.95. The zero-order chi connectivity index (χ0) is 24.1. The molecule has 0 aliphatic carbocycles. The molecule has 0 bridgehead atoms. The summed E-state index contributed by atoms with van der Waals surface area (Å²) in [5.74, 6) is -0.0391. The minimum absolute atomic E-state index is 0.0718. The van der Waals surface area contributed by atoms with Gasteiger partial charge >= 0.3 is 0 Å². The SMILES string of the molecule is COc1ccccc1Oc1nc2ccccn2c(=O)c1/C=C(/C#N)C(=O)Nc1ccc(Cl)cc1. The van der Waals surface area contributed by atoms with Crippen molar-refractivity contribution in [3.63, 3.8) is 0 Å². The van der Waals surface area contributed by atoms with E-state index in [4.69, 9.17) is 21.1 Å². The number of nitriles is 1. The molecule has 2 heterocycles. The standard InChI is InChI=1S/C25H17ClN4O4/c1-33-20-6-2-3-7-21(20)34-24-19(25(32)30-13-5-4-8-22(30)29-24)14-16(15-27)23(31)28-18-11-9-17(26)10-12-18/h2-14H,1H3,(H,28,31)/b16-14-. The predicted molar refractivity (Wildman–Crippen MR) is 128 cm³/mol. The minimum Gasteiger partial charge on any atom is -0.493 e. The summed E-state index contributed by atoms with van der Waals surface area (Å²) in [5, 5.41) is 12.8. The molecule has 4 rings (SSSR count). The van der Waals surface area contributed by atoms with Gasteiger partial charge in [0.1, 0.15) is 22.9 Å². The van der Waals surface area contributed by atoms with E-state index < -0.39 is 11.5 Å². The van der Waals surface area contributed by atoms with E-state index in [2.05, 4.69) is 10.3 Å². The molecular formula is C25H17ClN4O4. The number of para-hydroxylation sites is 2. The largest absolute Gasteiger partial charge is 0.493 e. The summed E-state index contributed by atoms with van der Waals surface area (Å²) in [6, 6.07) is 20.1. The fourth-order valence-corrected chi connectivity index (χ4v) is 3.24. The zero-order valence-electron chi connectivity index (χ0n) is 17.9. The lowest BCUT2D eigenvalue weighted by Gasteiger charge is -2.12. The number of pyridine rings is 1. The smallest absolute Gasteiger partial charge is 0.269 e. The van der Waals surface area contributed by atoms with Crippen LogP contribution in [0.25, 0.3) is 11.7 Å². The first-order valence-corrected chi connectivity index (χ1v) is 10.4. The summed E-state index contributed by atoms with van der Waals surface area (Å²) in [5.41, 5.74) is -0.123. The normalized spacial score (nSPS) is 11.0. The number of hydrogen-bond acceptors (Lipinski definition) is 6. The van der Waals surface area contributed by atoms with Crippen LogP contribution in [0.2, 0.25) is 5.02 Å². The molecule has 168 valence electrons. The lowest BCUT2D eigenvalue weighted by molar-refractivity contribution is -0.112. The van der Waals surface area contributed by atoms with Crippen molar-refractivity contribution in [1.82, 2.24) is 9.38 Å². The van der Waals surface area contributed by atoms with E-state index in [0.29, 0.717) is 27.9 Å². The maximum Gasteiger partial charge on any atom is 0.269 e. The topological polar surface area (TPSA) is 106 Å². The number of carbonyl (C=O) groups is 1. The molecule has 8 nitrogen and oxygen atoms in total. The first-order valence-electron chi connectivity index (χ1n) is 10.0. The van der Waals surface area contributed by atoms with Gasteiger partial charge in [0.05, 0.1) is 7.11 Å². The third-order valence-electron chi connectivity index (χ3n) is 4.77. The molecule has 2 aromatic carbocycles. The molecule has 0 unspecified atom stereocenters. The van der Waals surface area contributed by atoms with E-state index in [1.165, 1.54) is 17.7 Å². The highest BCUT2D eigenvalue weighted by atomic mass is 35.5. The summed E-state index contributed by atoms with van der Waals surface area (Å²) in [7, 11) is 1.49. The van der Waals surface area contributed by atoms with Gasteiger partial charge in [-0.3, -0.25) is 14.0 Å². The van der Waals surface area contributed by atoms with Crippen LogP contribution in [-0.4, -0.2) is 22.4 Å². The van der Waals surface area contributed by atoms with Gasteiger partial charge in [0.15, 0.2) is 11.5 Å². The number of halogens is 1. The van der Waals surface area contributed by atoms with E-state index in [1.807, 2.05) is 6.07 Å². The Morgan fingerprint density at radius 3 is 2.50 bits per heavy atom. The van der Waals surface area contributed by atoms with Crippen LogP contribution in [0.15, 0.2) is 83.3 Å². The summed E-state index contributed by atoms with van der Waals surface area (Å²) in [6.07, 6.45) is 2.69. The average Bonchev–Trinajstić information content (AvgIpc) is 2.85. The van der Waals surface area contributed by atoms with Crippen molar-refractivity contribution >= 4 is 34.9 Å². The Bertz CT molecular complexity index is 1500. The number of anilines is 1. The summed E-state index contributed by atoms with van der Waals surface area (Å²) in [6.45, 7) is 0. The van der Waals surface area contributed by atoms with Crippen molar-refractivity contribution < 1.29 is 14.3 Å². The highest BCUT2D eigenvalue weighted by Gasteiger charge is 2.18. The van der Waals surface area contributed by atoms with Crippen LogP contribution in [-0.2, 0) is 4.79 Å². The molecule has 2 aromatic heterocycles. The van der Waals surface area contributed by atoms with Gasteiger partial charge in [-0.15, -0.1) is 0 Å². The Hall–Kier alpha value is -4.61. The van der Waals surface area contributed by atoms with E-state index >= 15 is 0 Å². The Kier molecular flexibility index (Phi) is 6.57. The molecule has 9 heteroatoms. The molecule has 4 aromatic rings. The van der Waals surface area contributed by atoms with E-state index in [9.17, 15) is 14.9 Å². The maximum absolute atomic E-state index is 13.3. The maximum atomic E-state index is 13.3. The first-order chi connectivity index (χ1) is 16.5. The van der Waals surface area contributed by atoms with E-state index in [1.54, 1.807) is 66.7 Å². The Morgan fingerprint density at radius 2 is 1.79 bits per heavy atom. The molecule has 0 saturated carbocycles. The van der Waals surface area contributed by atoms with Gasteiger partial charge in [0, 0.05) is 16.9 Å². The second-order valence-corrected chi connectivity index (χ2v) is 7.38. The van der Waals surface area contributed by atoms with Crippen LogP contribution in [0, 0.1) is 11.3 Å². The molecule has 0 atom stereocenters. The first kappa shape index (κ1) is 22.6. The number of nitrogens with zero attached hydrogens (tertiary/aromatic N) is 3. The van der Waals surface area contributed by atoms with Crippen molar-refractivity contribution in [2.45, 2.75) is 0 Å². The van der Waals surface area contributed by atoms with Gasteiger partial charge in [0.25, 0.3) is 11.5 Å². The van der Waals surface area contributed by atoms with E-state index in [-0.39, 0.29) is 17.0 Å². The molecule has 0 fully saturated rings. The van der Waals surface area contributed by atoms with Gasteiger partial charge in [0.2, 0.25) is 5.88 Å². The quantitative estimate of drug-likeness (QED) is 0.322.